The zero-order valence-electron chi connectivity index (χ0n) is 10.4. The zero-order valence-corrected chi connectivity index (χ0v) is 11.2. The highest BCUT2D eigenvalue weighted by Crippen LogP contribution is 2.25. The van der Waals surface area contributed by atoms with Crippen LogP contribution in [0.4, 0.5) is 18.9 Å². The number of nitrogens with zero attached hydrogens (tertiary/aromatic N) is 3. The smallest absolute Gasteiger partial charge is 0.298 e. The van der Waals surface area contributed by atoms with Gasteiger partial charge in [0.05, 0.1) is 0 Å². The summed E-state index contributed by atoms with van der Waals surface area (Å²) < 4.78 is 38.2. The average molecular weight is 313 g/mol. The molecule has 0 saturated carbocycles. The summed E-state index contributed by atoms with van der Waals surface area (Å²) in [6.07, 6.45) is -2.72. The Morgan fingerprint density at radius 1 is 0.952 bits per heavy atom. The van der Waals surface area contributed by atoms with Crippen LogP contribution in [0.15, 0.2) is 42.6 Å². The lowest BCUT2D eigenvalue weighted by atomic mass is 10.1. The van der Waals surface area contributed by atoms with Gasteiger partial charge in [0.25, 0.3) is 0 Å². The first kappa shape index (κ1) is 13.7. The number of benzene rings is 1. The summed E-state index contributed by atoms with van der Waals surface area (Å²) in [6.45, 7) is 0. The number of rotatable bonds is 2. The number of pyridine rings is 1. The maximum atomic E-state index is 12.2. The van der Waals surface area contributed by atoms with Crippen molar-refractivity contribution < 1.29 is 13.2 Å². The highest BCUT2D eigenvalue weighted by atomic mass is 35.5. The van der Waals surface area contributed by atoms with Gasteiger partial charge in [0.1, 0.15) is 0 Å². The number of halogens is 4. The van der Waals surface area contributed by atoms with Crippen LogP contribution in [-0.2, 0) is 0 Å². The third kappa shape index (κ3) is 2.92. The Hall–Kier alpha value is -2.28. The number of hydrogen-bond acceptors (Lipinski definition) is 3. The minimum Gasteiger partial charge on any atom is -0.298 e. The van der Waals surface area contributed by atoms with Crippen LogP contribution in [0.2, 0.25) is 5.28 Å². The molecule has 1 aromatic carbocycles. The summed E-state index contributed by atoms with van der Waals surface area (Å²) in [6, 6.07) is 9.44. The third-order valence-corrected chi connectivity index (χ3v) is 3.12. The first-order valence-corrected chi connectivity index (χ1v) is 6.26. The second kappa shape index (κ2) is 4.92. The summed E-state index contributed by atoms with van der Waals surface area (Å²) in [5.74, 6) is 0. The Balaban J connectivity index is 1.93. The van der Waals surface area contributed by atoms with Gasteiger partial charge in [0.2, 0.25) is 5.28 Å². The average Bonchev–Trinajstić information content (AvgIpc) is 2.79. The standard InChI is InChI=1S/C13H8ClF3N4/c14-12-20-19-11-6-3-9(7-21(11)12)8-1-4-10(5-2-8)18-13(15,16)17/h1-7,18H. The van der Waals surface area contributed by atoms with Gasteiger partial charge >= 0.3 is 6.30 Å². The highest BCUT2D eigenvalue weighted by molar-refractivity contribution is 6.28. The maximum Gasteiger partial charge on any atom is 0.482 e. The molecule has 0 spiro atoms. The van der Waals surface area contributed by atoms with Crippen LogP contribution in [0.5, 0.6) is 0 Å². The van der Waals surface area contributed by atoms with Gasteiger partial charge in [0.15, 0.2) is 5.65 Å². The van der Waals surface area contributed by atoms with E-state index in [1.807, 2.05) is 0 Å². The summed E-state index contributed by atoms with van der Waals surface area (Å²) in [5, 5.41) is 9.25. The first-order valence-electron chi connectivity index (χ1n) is 5.88. The Labute approximate surface area is 122 Å². The van der Waals surface area contributed by atoms with Gasteiger partial charge in [-0.2, -0.15) is 13.2 Å². The normalized spacial score (nSPS) is 11.8. The number of anilines is 1. The zero-order chi connectivity index (χ0) is 15.0. The summed E-state index contributed by atoms with van der Waals surface area (Å²) >= 11 is 5.88. The van der Waals surface area contributed by atoms with E-state index in [1.165, 1.54) is 17.4 Å². The SMILES string of the molecule is FC(F)(F)Nc1ccc(-c2ccc3nnc(Cl)n3c2)cc1. The van der Waals surface area contributed by atoms with Gasteiger partial charge in [-0.3, -0.25) is 9.72 Å². The molecule has 0 fully saturated rings. The lowest BCUT2D eigenvalue weighted by Gasteiger charge is -2.10. The number of aromatic nitrogens is 3. The maximum absolute atomic E-state index is 12.2. The lowest BCUT2D eigenvalue weighted by molar-refractivity contribution is -0.0999. The van der Waals surface area contributed by atoms with E-state index in [4.69, 9.17) is 11.6 Å². The van der Waals surface area contributed by atoms with Crippen molar-refractivity contribution in [2.75, 3.05) is 5.32 Å². The van der Waals surface area contributed by atoms with E-state index in [2.05, 4.69) is 10.2 Å². The molecule has 8 heteroatoms. The Kier molecular flexibility index (Phi) is 3.21. The van der Waals surface area contributed by atoms with Crippen molar-refractivity contribution >= 4 is 22.9 Å². The molecule has 0 atom stereocenters. The van der Waals surface area contributed by atoms with E-state index < -0.39 is 6.30 Å². The fourth-order valence-electron chi connectivity index (χ4n) is 1.94. The quantitative estimate of drug-likeness (QED) is 0.728. The van der Waals surface area contributed by atoms with Crippen molar-refractivity contribution in [3.05, 3.63) is 47.9 Å². The van der Waals surface area contributed by atoms with E-state index in [1.54, 1.807) is 34.9 Å². The lowest BCUT2D eigenvalue weighted by Crippen LogP contribution is -2.20. The van der Waals surface area contributed by atoms with Gasteiger partial charge < -0.3 is 0 Å². The molecule has 3 aromatic rings. The Morgan fingerprint density at radius 2 is 1.62 bits per heavy atom. The topological polar surface area (TPSA) is 42.2 Å². The van der Waals surface area contributed by atoms with Crippen LogP contribution in [0.25, 0.3) is 16.8 Å². The van der Waals surface area contributed by atoms with Crippen LogP contribution in [-0.4, -0.2) is 20.9 Å². The molecule has 1 N–H and O–H groups in total. The molecule has 2 aromatic heterocycles. The van der Waals surface area contributed by atoms with E-state index in [0.29, 0.717) is 5.65 Å². The van der Waals surface area contributed by atoms with Crippen molar-refractivity contribution in [3.63, 3.8) is 0 Å². The molecular formula is C13H8ClF3N4. The molecule has 0 bridgehead atoms. The first-order chi connectivity index (χ1) is 9.92. The van der Waals surface area contributed by atoms with Gasteiger partial charge in [-0.15, -0.1) is 10.2 Å². The van der Waals surface area contributed by atoms with Crippen LogP contribution in [0.1, 0.15) is 0 Å². The molecule has 0 saturated heterocycles. The molecule has 0 aliphatic heterocycles. The van der Waals surface area contributed by atoms with Crippen molar-refractivity contribution in [1.82, 2.24) is 14.6 Å². The Morgan fingerprint density at radius 3 is 2.29 bits per heavy atom. The molecule has 0 aliphatic carbocycles. The second-order valence-corrected chi connectivity index (χ2v) is 4.65. The summed E-state index contributed by atoms with van der Waals surface area (Å²) in [4.78, 5) is 0. The number of fused-ring (bicyclic) bond motifs is 1. The fraction of sp³-hybridized carbons (Fsp3) is 0.0769. The van der Waals surface area contributed by atoms with Crippen molar-refractivity contribution in [2.24, 2.45) is 0 Å². The monoisotopic (exact) mass is 312 g/mol. The molecule has 0 unspecified atom stereocenters. The molecule has 2 heterocycles. The summed E-state index contributed by atoms with van der Waals surface area (Å²) in [7, 11) is 0. The van der Waals surface area contributed by atoms with E-state index in [-0.39, 0.29) is 11.0 Å². The second-order valence-electron chi connectivity index (χ2n) is 4.32. The Bertz CT molecular complexity index is 780. The predicted octanol–water partition coefficient (Wildman–Crippen LogP) is 3.98. The molecule has 108 valence electrons. The number of hydrogen-bond donors (Lipinski definition) is 1. The molecule has 0 radical (unpaired) electrons. The molecular weight excluding hydrogens is 305 g/mol. The third-order valence-electron chi connectivity index (χ3n) is 2.87. The van der Waals surface area contributed by atoms with Gasteiger partial charge in [-0.05, 0) is 47.0 Å². The van der Waals surface area contributed by atoms with Gasteiger partial charge in [-0.25, -0.2) is 0 Å². The molecule has 3 rings (SSSR count). The minimum atomic E-state index is -4.45. The van der Waals surface area contributed by atoms with Gasteiger partial charge in [-0.1, -0.05) is 12.1 Å². The minimum absolute atomic E-state index is 0.0188. The van der Waals surface area contributed by atoms with Crippen molar-refractivity contribution in [2.45, 2.75) is 6.30 Å². The molecule has 4 nitrogen and oxygen atoms in total. The molecule has 21 heavy (non-hydrogen) atoms. The van der Waals surface area contributed by atoms with E-state index in [0.717, 1.165) is 11.1 Å². The van der Waals surface area contributed by atoms with Crippen LogP contribution < -0.4 is 5.32 Å². The van der Waals surface area contributed by atoms with Gasteiger partial charge in [0, 0.05) is 11.9 Å². The number of alkyl halides is 3. The summed E-state index contributed by atoms with van der Waals surface area (Å²) in [5.41, 5.74) is 2.13. The van der Waals surface area contributed by atoms with E-state index >= 15 is 0 Å². The van der Waals surface area contributed by atoms with Crippen LogP contribution in [0, 0.1) is 0 Å². The predicted molar refractivity (Wildman–Crippen MR) is 73.1 cm³/mol. The van der Waals surface area contributed by atoms with Crippen LogP contribution >= 0.6 is 11.6 Å². The highest BCUT2D eigenvalue weighted by Gasteiger charge is 2.26. The largest absolute Gasteiger partial charge is 0.482 e. The fourth-order valence-corrected chi connectivity index (χ4v) is 2.12. The van der Waals surface area contributed by atoms with E-state index in [9.17, 15) is 13.2 Å². The van der Waals surface area contributed by atoms with Crippen molar-refractivity contribution in [3.8, 4) is 11.1 Å². The molecule has 0 amide bonds. The van der Waals surface area contributed by atoms with Crippen molar-refractivity contribution in [1.29, 1.82) is 0 Å². The molecule has 0 aliphatic rings. The van der Waals surface area contributed by atoms with Crippen LogP contribution in [0.3, 0.4) is 0 Å². The number of nitrogens with one attached hydrogen (secondary N) is 1.